The molecule has 51 heavy (non-hydrogen) atoms. The summed E-state index contributed by atoms with van der Waals surface area (Å²) in [6, 6.07) is 10.2. The average Bonchev–Trinajstić information content (AvgIpc) is 3.06. The Kier molecular flexibility index (Phi) is 14.1. The standard InChI is InChI=1S/C23H20Cl2N10O12S4/c24-21-29-22(25)31-23(30-21)28-12-3-6-16(48-46-44-36)14(9-12)33-35-20-18(26)15(10-17(19(20)27)51(40,41)42)34-32-11-1-4-13(5-2-11)50(38,39)8-7-43-49-47-45-37/h1-6,9-10,36-37H,7-8,26-27H2,(H,40,41,42)(H,28,29,30,31). The molecule has 22 nitrogen and oxygen atoms in total. The number of anilines is 4. The van der Waals surface area contributed by atoms with Crippen LogP contribution < -0.4 is 16.8 Å². The van der Waals surface area contributed by atoms with Gasteiger partial charge in [-0.15, -0.1) is 24.0 Å². The number of benzene rings is 3. The number of rotatable bonds is 17. The highest BCUT2D eigenvalue weighted by Crippen LogP contribution is 2.44. The molecule has 272 valence electrons. The van der Waals surface area contributed by atoms with E-state index in [4.69, 9.17) is 49.4 Å². The lowest BCUT2D eigenvalue weighted by Crippen LogP contribution is -2.10. The molecule has 4 aromatic rings. The minimum atomic E-state index is -4.97. The van der Waals surface area contributed by atoms with Crippen LogP contribution in [0.15, 0.2) is 83.7 Å². The summed E-state index contributed by atoms with van der Waals surface area (Å²) >= 11 is 12.4. The van der Waals surface area contributed by atoms with Gasteiger partial charge in [-0.05, 0) is 71.7 Å². The zero-order valence-electron chi connectivity index (χ0n) is 24.7. The van der Waals surface area contributed by atoms with Crippen LogP contribution >= 0.6 is 47.6 Å². The first-order chi connectivity index (χ1) is 24.2. The lowest BCUT2D eigenvalue weighted by Gasteiger charge is -2.11. The van der Waals surface area contributed by atoms with Crippen LogP contribution in [0.4, 0.5) is 45.8 Å². The first-order valence-electron chi connectivity index (χ1n) is 13.0. The van der Waals surface area contributed by atoms with Crippen molar-refractivity contribution in [2.45, 2.75) is 14.7 Å². The van der Waals surface area contributed by atoms with Crippen LogP contribution in [-0.4, -0.2) is 59.2 Å². The highest BCUT2D eigenvalue weighted by molar-refractivity contribution is 7.94. The van der Waals surface area contributed by atoms with Gasteiger partial charge in [-0.1, -0.05) is 10.1 Å². The van der Waals surface area contributed by atoms with Gasteiger partial charge in [0.25, 0.3) is 10.1 Å². The van der Waals surface area contributed by atoms with E-state index in [1.165, 1.54) is 42.5 Å². The van der Waals surface area contributed by atoms with Crippen molar-refractivity contribution in [2.75, 3.05) is 29.1 Å². The van der Waals surface area contributed by atoms with Crippen molar-refractivity contribution >= 4 is 113 Å². The van der Waals surface area contributed by atoms with Gasteiger partial charge in [-0.3, -0.25) is 8.74 Å². The Balaban J connectivity index is 1.66. The highest BCUT2D eigenvalue weighted by Gasteiger charge is 2.23. The van der Waals surface area contributed by atoms with Crippen molar-refractivity contribution in [3.05, 3.63) is 59.1 Å². The Morgan fingerprint density at radius 3 is 2.14 bits per heavy atom. The molecule has 28 heteroatoms. The molecule has 0 radical (unpaired) electrons. The Hall–Kier alpha value is -3.87. The number of nitrogens with two attached hydrogens (primary N) is 2. The Bertz CT molecular complexity index is 2130. The van der Waals surface area contributed by atoms with Gasteiger partial charge < -0.3 is 16.8 Å². The number of sulfone groups is 1. The summed E-state index contributed by atoms with van der Waals surface area (Å²) < 4.78 is 72.6. The molecule has 0 unspecified atom stereocenters. The van der Waals surface area contributed by atoms with Gasteiger partial charge in [0.2, 0.25) is 16.5 Å². The molecule has 1 aromatic heterocycles. The molecule has 8 N–H and O–H groups in total. The molecule has 0 spiro atoms. The van der Waals surface area contributed by atoms with E-state index in [9.17, 15) is 21.4 Å². The number of aromatic nitrogens is 3. The average molecular weight is 828 g/mol. The zero-order valence-corrected chi connectivity index (χ0v) is 29.5. The predicted octanol–water partition coefficient (Wildman–Crippen LogP) is 6.37. The second-order valence-electron chi connectivity index (χ2n) is 9.02. The zero-order chi connectivity index (χ0) is 37.2. The SMILES string of the molecule is Nc1c(N=Nc2ccc(S(=O)(=O)CCOSOOO)cc2)cc(S(=O)(=O)O)c(N)c1N=Nc1cc(Nc2nc(Cl)nc(Cl)n2)ccc1SOOO. The minimum Gasteiger partial charge on any atom is -0.396 e. The number of azo groups is 2. The third-order valence-corrected chi connectivity index (χ3v) is 9.78. The van der Waals surface area contributed by atoms with Crippen molar-refractivity contribution in [3.8, 4) is 0 Å². The number of nitrogen functional groups attached to an aromatic ring is 2. The van der Waals surface area contributed by atoms with Crippen LogP contribution in [0.3, 0.4) is 0 Å². The minimum absolute atomic E-state index is 0.000373. The maximum Gasteiger partial charge on any atom is 0.296 e. The first kappa shape index (κ1) is 39.9. The van der Waals surface area contributed by atoms with E-state index in [0.717, 1.165) is 6.07 Å². The van der Waals surface area contributed by atoms with E-state index in [2.05, 4.69) is 59.5 Å². The molecular formula is C23H20Cl2N10O12S4. The normalized spacial score (nSPS) is 12.3. The molecule has 4 rings (SSSR count). The third-order valence-electron chi connectivity index (χ3n) is 5.82. The highest BCUT2D eigenvalue weighted by atomic mass is 35.5. The fraction of sp³-hybridized carbons (Fsp3) is 0.0870. The topological polar surface area (TPSA) is 327 Å². The summed E-state index contributed by atoms with van der Waals surface area (Å²) in [5.41, 5.74) is 11.0. The number of halogens is 2. The van der Waals surface area contributed by atoms with Crippen LogP contribution in [0.25, 0.3) is 0 Å². The maximum atomic E-state index is 12.5. The molecule has 0 aliphatic heterocycles. The lowest BCUT2D eigenvalue weighted by atomic mass is 10.2. The summed E-state index contributed by atoms with van der Waals surface area (Å²) in [6.07, 6.45) is 0. The second-order valence-corrected chi connectivity index (χ2v) is 14.4. The number of nitrogens with zero attached hydrogens (tertiary/aromatic N) is 7. The van der Waals surface area contributed by atoms with Crippen LogP contribution in [-0.2, 0) is 42.9 Å². The van der Waals surface area contributed by atoms with Crippen molar-refractivity contribution in [3.63, 3.8) is 0 Å². The van der Waals surface area contributed by atoms with E-state index in [1.54, 1.807) is 0 Å². The fourth-order valence-electron chi connectivity index (χ4n) is 3.64. The van der Waals surface area contributed by atoms with Gasteiger partial charge in [-0.2, -0.15) is 28.5 Å². The summed E-state index contributed by atoms with van der Waals surface area (Å²) in [4.78, 5) is 10.7. The molecule has 0 atom stereocenters. The summed E-state index contributed by atoms with van der Waals surface area (Å²) in [7, 11) is -8.78. The van der Waals surface area contributed by atoms with Gasteiger partial charge in [-0.25, -0.2) is 18.9 Å². The molecule has 0 fully saturated rings. The fourth-order valence-corrected chi connectivity index (χ4v) is 6.46. The molecule has 0 bridgehead atoms. The van der Waals surface area contributed by atoms with Crippen LogP contribution in [0.1, 0.15) is 0 Å². The largest absolute Gasteiger partial charge is 0.396 e. The van der Waals surface area contributed by atoms with Gasteiger partial charge >= 0.3 is 0 Å². The Labute approximate surface area is 305 Å². The van der Waals surface area contributed by atoms with Crippen molar-refractivity contribution < 1.29 is 54.8 Å². The van der Waals surface area contributed by atoms with Crippen LogP contribution in [0, 0.1) is 0 Å². The first-order valence-corrected chi connectivity index (χ1v) is 18.2. The van der Waals surface area contributed by atoms with Gasteiger partial charge in [0.15, 0.2) is 22.2 Å². The van der Waals surface area contributed by atoms with E-state index in [-0.39, 0.29) is 68.0 Å². The molecule has 3 aromatic carbocycles. The van der Waals surface area contributed by atoms with E-state index in [0.29, 0.717) is 17.7 Å². The predicted molar refractivity (Wildman–Crippen MR) is 180 cm³/mol. The molecule has 0 aliphatic rings. The van der Waals surface area contributed by atoms with Crippen molar-refractivity contribution in [1.82, 2.24) is 15.0 Å². The number of hydrogen-bond acceptors (Lipinski definition) is 23. The number of hydrogen-bond donors (Lipinski definition) is 6. The molecule has 0 amide bonds. The monoisotopic (exact) mass is 826 g/mol. The van der Waals surface area contributed by atoms with Gasteiger partial charge in [0.1, 0.15) is 22.0 Å². The molecular weight excluding hydrogens is 807 g/mol. The quantitative estimate of drug-likeness (QED) is 0.0128. The van der Waals surface area contributed by atoms with Gasteiger partial charge in [0.05, 0.1) is 51.3 Å². The molecule has 0 saturated carbocycles. The van der Waals surface area contributed by atoms with Crippen LogP contribution in [0.2, 0.25) is 10.6 Å². The van der Waals surface area contributed by atoms with Crippen LogP contribution in [0.5, 0.6) is 0 Å². The summed E-state index contributed by atoms with van der Waals surface area (Å²) in [5.74, 6) is -0.483. The van der Waals surface area contributed by atoms with Crippen molar-refractivity contribution in [2.24, 2.45) is 20.5 Å². The molecule has 1 heterocycles. The van der Waals surface area contributed by atoms with Crippen molar-refractivity contribution in [1.29, 1.82) is 0 Å². The van der Waals surface area contributed by atoms with E-state index < -0.39 is 42.0 Å². The van der Waals surface area contributed by atoms with E-state index >= 15 is 0 Å². The second kappa shape index (κ2) is 18.1. The lowest BCUT2D eigenvalue weighted by molar-refractivity contribution is -0.434. The number of nitrogens with one attached hydrogen (secondary N) is 1. The summed E-state index contributed by atoms with van der Waals surface area (Å²) in [6.45, 7) is -0.303. The smallest absolute Gasteiger partial charge is 0.296 e. The third kappa shape index (κ3) is 11.3. The Morgan fingerprint density at radius 1 is 0.824 bits per heavy atom. The van der Waals surface area contributed by atoms with E-state index in [1.807, 2.05) is 0 Å². The molecule has 0 saturated heterocycles. The summed E-state index contributed by atoms with van der Waals surface area (Å²) in [5, 5.41) is 42.1. The van der Waals surface area contributed by atoms with Gasteiger partial charge in [0, 0.05) is 5.69 Å². The molecule has 0 aliphatic carbocycles. The Morgan fingerprint density at radius 2 is 1.49 bits per heavy atom. The maximum absolute atomic E-state index is 12.5.